The summed E-state index contributed by atoms with van der Waals surface area (Å²) in [5.74, 6) is 1.63. The van der Waals surface area contributed by atoms with Crippen LogP contribution in [-0.2, 0) is 11.3 Å². The van der Waals surface area contributed by atoms with Gasteiger partial charge in [0.15, 0.2) is 11.5 Å². The summed E-state index contributed by atoms with van der Waals surface area (Å²) in [5, 5.41) is 9.95. The first-order valence-corrected chi connectivity index (χ1v) is 7.16. The van der Waals surface area contributed by atoms with Crippen LogP contribution in [-0.4, -0.2) is 55.1 Å². The zero-order chi connectivity index (χ0) is 13.9. The van der Waals surface area contributed by atoms with Crippen LogP contribution in [0.1, 0.15) is 12.5 Å². The van der Waals surface area contributed by atoms with Crippen molar-refractivity contribution in [3.05, 3.63) is 23.8 Å². The van der Waals surface area contributed by atoms with Crippen molar-refractivity contribution in [3.8, 4) is 11.5 Å². The fourth-order valence-electron chi connectivity index (χ4n) is 2.76. The van der Waals surface area contributed by atoms with Gasteiger partial charge >= 0.3 is 0 Å². The Bertz CT molecular complexity index is 465. The van der Waals surface area contributed by atoms with Crippen molar-refractivity contribution in [2.75, 3.05) is 33.0 Å². The molecule has 0 spiro atoms. The molecule has 2 aliphatic rings. The minimum atomic E-state index is -0.396. The highest BCUT2D eigenvalue weighted by molar-refractivity contribution is 5.43. The molecule has 1 aromatic carbocycles. The van der Waals surface area contributed by atoms with Crippen LogP contribution in [0, 0.1) is 0 Å². The van der Waals surface area contributed by atoms with Crippen molar-refractivity contribution in [1.82, 2.24) is 4.90 Å². The number of nitrogens with zero attached hydrogens (tertiary/aromatic N) is 1. The first-order chi connectivity index (χ1) is 9.78. The number of aliphatic hydroxyl groups is 1. The Hall–Kier alpha value is -1.30. The minimum Gasteiger partial charge on any atom is -0.486 e. The molecule has 5 heteroatoms. The average molecular weight is 279 g/mol. The summed E-state index contributed by atoms with van der Waals surface area (Å²) in [4.78, 5) is 2.24. The van der Waals surface area contributed by atoms with Crippen molar-refractivity contribution in [1.29, 1.82) is 0 Å². The maximum atomic E-state index is 9.95. The van der Waals surface area contributed by atoms with E-state index in [-0.39, 0.29) is 6.04 Å². The van der Waals surface area contributed by atoms with Crippen LogP contribution in [0.5, 0.6) is 11.5 Å². The molecule has 5 nitrogen and oxygen atoms in total. The van der Waals surface area contributed by atoms with Gasteiger partial charge in [-0.3, -0.25) is 4.90 Å². The topological polar surface area (TPSA) is 51.2 Å². The van der Waals surface area contributed by atoms with E-state index in [0.717, 1.165) is 30.2 Å². The molecule has 0 saturated carbocycles. The summed E-state index contributed by atoms with van der Waals surface area (Å²) in [7, 11) is 0. The first kappa shape index (κ1) is 13.7. The quantitative estimate of drug-likeness (QED) is 0.892. The van der Waals surface area contributed by atoms with E-state index in [2.05, 4.69) is 17.9 Å². The highest BCUT2D eigenvalue weighted by Crippen LogP contribution is 2.31. The molecule has 0 aliphatic carbocycles. The number of hydrogen-bond donors (Lipinski definition) is 1. The van der Waals surface area contributed by atoms with Crippen molar-refractivity contribution in [2.24, 2.45) is 0 Å². The van der Waals surface area contributed by atoms with Crippen LogP contribution in [0.4, 0.5) is 0 Å². The second-order valence-corrected chi connectivity index (χ2v) is 5.21. The van der Waals surface area contributed by atoms with Crippen molar-refractivity contribution in [3.63, 3.8) is 0 Å². The molecule has 0 aromatic heterocycles. The summed E-state index contributed by atoms with van der Waals surface area (Å²) >= 11 is 0. The third-order valence-corrected chi connectivity index (χ3v) is 3.89. The van der Waals surface area contributed by atoms with Crippen molar-refractivity contribution >= 4 is 0 Å². The molecular formula is C15H21NO4. The Morgan fingerprint density at radius 1 is 1.20 bits per heavy atom. The lowest BCUT2D eigenvalue weighted by atomic mass is 10.1. The minimum absolute atomic E-state index is 0.0770. The molecule has 3 rings (SSSR count). The molecule has 20 heavy (non-hydrogen) atoms. The Kier molecular flexibility index (Phi) is 4.10. The van der Waals surface area contributed by atoms with Gasteiger partial charge in [-0.15, -0.1) is 0 Å². The molecule has 0 amide bonds. The monoisotopic (exact) mass is 279 g/mol. The van der Waals surface area contributed by atoms with E-state index >= 15 is 0 Å². The van der Waals surface area contributed by atoms with Crippen molar-refractivity contribution < 1.29 is 19.3 Å². The van der Waals surface area contributed by atoms with Crippen LogP contribution in [0.3, 0.4) is 0 Å². The number of aliphatic hydroxyl groups excluding tert-OH is 1. The average Bonchev–Trinajstić information content (AvgIpc) is 2.91. The van der Waals surface area contributed by atoms with Gasteiger partial charge in [-0.05, 0) is 24.2 Å². The second kappa shape index (κ2) is 5.99. The molecule has 1 N–H and O–H groups in total. The third kappa shape index (κ3) is 2.75. The van der Waals surface area contributed by atoms with Gasteiger partial charge in [0.25, 0.3) is 0 Å². The molecule has 1 fully saturated rings. The van der Waals surface area contributed by atoms with Crippen LogP contribution < -0.4 is 9.47 Å². The fraction of sp³-hybridized carbons (Fsp3) is 0.600. The number of rotatable bonds is 4. The summed E-state index contributed by atoms with van der Waals surface area (Å²) in [6.07, 6.45) is -0.396. The van der Waals surface area contributed by atoms with Gasteiger partial charge in [0, 0.05) is 6.54 Å². The lowest BCUT2D eigenvalue weighted by Crippen LogP contribution is -2.42. The van der Waals surface area contributed by atoms with Gasteiger partial charge in [0.1, 0.15) is 13.2 Å². The smallest absolute Gasteiger partial charge is 0.161 e. The lowest BCUT2D eigenvalue weighted by Gasteiger charge is -2.29. The Morgan fingerprint density at radius 2 is 2.00 bits per heavy atom. The predicted molar refractivity (Wildman–Crippen MR) is 74.1 cm³/mol. The van der Waals surface area contributed by atoms with E-state index in [9.17, 15) is 5.11 Å². The molecular weight excluding hydrogens is 258 g/mol. The van der Waals surface area contributed by atoms with E-state index in [1.807, 2.05) is 12.1 Å². The maximum absolute atomic E-state index is 9.95. The van der Waals surface area contributed by atoms with Gasteiger partial charge in [-0.1, -0.05) is 13.0 Å². The third-order valence-electron chi connectivity index (χ3n) is 3.89. The fourth-order valence-corrected chi connectivity index (χ4v) is 2.76. The molecule has 1 saturated heterocycles. The standard InChI is InChI=1S/C15H21NO4/c1-2-16(12-9-18-10-13(12)17)8-11-3-4-14-15(7-11)20-6-5-19-14/h3-4,7,12-13,17H,2,5-6,8-10H2,1H3/t12-,13-/m0/s1. The van der Waals surface area contributed by atoms with E-state index < -0.39 is 6.10 Å². The van der Waals surface area contributed by atoms with Gasteiger partial charge in [0.05, 0.1) is 25.4 Å². The molecule has 0 unspecified atom stereocenters. The lowest BCUT2D eigenvalue weighted by molar-refractivity contribution is 0.0807. The van der Waals surface area contributed by atoms with Crippen LogP contribution in [0.2, 0.25) is 0 Å². The van der Waals surface area contributed by atoms with Gasteiger partial charge < -0.3 is 19.3 Å². The Balaban J connectivity index is 1.72. The molecule has 2 heterocycles. The first-order valence-electron chi connectivity index (χ1n) is 7.16. The maximum Gasteiger partial charge on any atom is 0.161 e. The normalized spacial score (nSPS) is 25.1. The Morgan fingerprint density at radius 3 is 2.70 bits per heavy atom. The molecule has 2 atom stereocenters. The van der Waals surface area contributed by atoms with Gasteiger partial charge in [0.2, 0.25) is 0 Å². The second-order valence-electron chi connectivity index (χ2n) is 5.21. The molecule has 0 radical (unpaired) electrons. The number of hydrogen-bond acceptors (Lipinski definition) is 5. The number of benzene rings is 1. The summed E-state index contributed by atoms with van der Waals surface area (Å²) in [5.41, 5.74) is 1.16. The molecule has 0 bridgehead atoms. The summed E-state index contributed by atoms with van der Waals surface area (Å²) in [6.45, 7) is 5.99. The largest absolute Gasteiger partial charge is 0.486 e. The molecule has 110 valence electrons. The van der Waals surface area contributed by atoms with E-state index in [0.29, 0.717) is 26.4 Å². The zero-order valence-corrected chi connectivity index (χ0v) is 11.7. The van der Waals surface area contributed by atoms with Crippen LogP contribution >= 0.6 is 0 Å². The summed E-state index contributed by atoms with van der Waals surface area (Å²) in [6, 6.07) is 6.12. The molecule has 1 aromatic rings. The SMILES string of the molecule is CCN(Cc1ccc2c(c1)OCCO2)[C@H]1COC[C@@H]1O. The highest BCUT2D eigenvalue weighted by Gasteiger charge is 2.31. The molecule has 2 aliphatic heterocycles. The van der Waals surface area contributed by atoms with Crippen LogP contribution in [0.25, 0.3) is 0 Å². The van der Waals surface area contributed by atoms with E-state index in [1.54, 1.807) is 0 Å². The van der Waals surface area contributed by atoms with Crippen molar-refractivity contribution in [2.45, 2.75) is 25.6 Å². The van der Waals surface area contributed by atoms with Gasteiger partial charge in [-0.2, -0.15) is 0 Å². The van der Waals surface area contributed by atoms with E-state index in [4.69, 9.17) is 14.2 Å². The zero-order valence-electron chi connectivity index (χ0n) is 11.7. The van der Waals surface area contributed by atoms with Crippen LogP contribution in [0.15, 0.2) is 18.2 Å². The number of fused-ring (bicyclic) bond motifs is 1. The van der Waals surface area contributed by atoms with Gasteiger partial charge in [-0.25, -0.2) is 0 Å². The number of ether oxygens (including phenoxy) is 3. The highest BCUT2D eigenvalue weighted by atomic mass is 16.6. The van der Waals surface area contributed by atoms with E-state index in [1.165, 1.54) is 0 Å². The predicted octanol–water partition coefficient (Wildman–Crippen LogP) is 1.04. The summed E-state index contributed by atoms with van der Waals surface area (Å²) < 4.78 is 16.5. The number of likely N-dealkylation sites (N-methyl/N-ethyl adjacent to an activating group) is 1. The Labute approximate surface area is 119 Å².